The third kappa shape index (κ3) is 4.86. The molecule has 0 unspecified atom stereocenters. The maximum atomic E-state index is 13.4. The van der Waals surface area contributed by atoms with Crippen LogP contribution in [0.3, 0.4) is 0 Å². The zero-order valence-corrected chi connectivity index (χ0v) is 18.0. The van der Waals surface area contributed by atoms with Crippen molar-refractivity contribution in [3.05, 3.63) is 95.6 Å². The lowest BCUT2D eigenvalue weighted by Crippen LogP contribution is -2.44. The fraction of sp³-hybridized carbons (Fsp3) is 0.192. The average molecular weight is 428 g/mol. The topological polar surface area (TPSA) is 69.7 Å². The van der Waals surface area contributed by atoms with Crippen LogP contribution >= 0.6 is 0 Å². The van der Waals surface area contributed by atoms with Crippen LogP contribution in [0.1, 0.15) is 27.9 Å². The first kappa shape index (κ1) is 21.3. The van der Waals surface area contributed by atoms with Gasteiger partial charge in [0.1, 0.15) is 6.54 Å². The number of para-hydroxylation sites is 1. The van der Waals surface area contributed by atoms with E-state index in [-0.39, 0.29) is 31.2 Å². The van der Waals surface area contributed by atoms with Crippen molar-refractivity contribution in [3.8, 4) is 0 Å². The van der Waals surface area contributed by atoms with E-state index in [1.165, 1.54) is 4.90 Å². The number of fused-ring (bicyclic) bond motifs is 1. The first-order valence-corrected chi connectivity index (χ1v) is 10.6. The van der Waals surface area contributed by atoms with Gasteiger partial charge in [0.15, 0.2) is 5.78 Å². The van der Waals surface area contributed by atoms with E-state index in [1.54, 1.807) is 29.2 Å². The number of hydrogen-bond donors (Lipinski definition) is 1. The molecular formula is C26H25N3O3. The summed E-state index contributed by atoms with van der Waals surface area (Å²) in [4.78, 5) is 42.4. The second kappa shape index (κ2) is 9.47. The van der Waals surface area contributed by atoms with Crippen molar-refractivity contribution in [2.45, 2.75) is 19.9 Å². The summed E-state index contributed by atoms with van der Waals surface area (Å²) in [7, 11) is 0. The van der Waals surface area contributed by atoms with Crippen molar-refractivity contribution < 1.29 is 14.4 Å². The molecule has 4 rings (SSSR count). The number of urea groups is 1. The zero-order valence-electron chi connectivity index (χ0n) is 18.0. The molecule has 0 radical (unpaired) electrons. The number of ketones is 1. The Labute approximate surface area is 187 Å². The Morgan fingerprint density at radius 2 is 1.69 bits per heavy atom. The molecule has 0 fully saturated rings. The number of carbonyl (C=O) groups excluding carboxylic acids is 3. The van der Waals surface area contributed by atoms with Crippen LogP contribution in [-0.4, -0.2) is 35.7 Å². The lowest BCUT2D eigenvalue weighted by molar-refractivity contribution is -0.119. The molecule has 0 aliphatic carbocycles. The number of Topliss-reactive ketones (excluding diaryl/α,β-unsaturated/α-hetero) is 1. The van der Waals surface area contributed by atoms with E-state index in [1.807, 2.05) is 61.5 Å². The highest BCUT2D eigenvalue weighted by molar-refractivity contribution is 6.07. The van der Waals surface area contributed by atoms with Gasteiger partial charge in [0.2, 0.25) is 5.91 Å². The van der Waals surface area contributed by atoms with Crippen molar-refractivity contribution in [2.24, 2.45) is 0 Å². The van der Waals surface area contributed by atoms with Crippen molar-refractivity contribution in [1.29, 1.82) is 0 Å². The molecule has 1 aliphatic rings. The highest BCUT2D eigenvalue weighted by Gasteiger charge is 2.28. The average Bonchev–Trinajstić information content (AvgIpc) is 2.84. The van der Waals surface area contributed by atoms with Crippen LogP contribution in [-0.2, 0) is 11.3 Å². The number of carbonyl (C=O) groups is 3. The van der Waals surface area contributed by atoms with E-state index in [0.717, 1.165) is 11.1 Å². The molecule has 3 aromatic rings. The molecule has 162 valence electrons. The van der Waals surface area contributed by atoms with Gasteiger partial charge >= 0.3 is 6.03 Å². The predicted octanol–water partition coefficient (Wildman–Crippen LogP) is 4.65. The van der Waals surface area contributed by atoms with Gasteiger partial charge < -0.3 is 15.1 Å². The van der Waals surface area contributed by atoms with Gasteiger partial charge in [-0.3, -0.25) is 9.59 Å². The molecule has 3 amide bonds. The fourth-order valence-corrected chi connectivity index (χ4v) is 3.82. The SMILES string of the molecule is Cc1cccc(NC(=O)N2CCC(=O)c3ccccc3N(Cc3ccccc3)C(=O)C2)c1. The van der Waals surface area contributed by atoms with Gasteiger partial charge in [-0.15, -0.1) is 0 Å². The number of nitrogens with zero attached hydrogens (tertiary/aromatic N) is 2. The fourth-order valence-electron chi connectivity index (χ4n) is 3.82. The Bertz CT molecular complexity index is 1140. The van der Waals surface area contributed by atoms with E-state index in [2.05, 4.69) is 5.32 Å². The minimum absolute atomic E-state index is 0.0956. The number of anilines is 2. The summed E-state index contributed by atoms with van der Waals surface area (Å²) in [5, 5.41) is 2.85. The van der Waals surface area contributed by atoms with E-state index in [0.29, 0.717) is 23.5 Å². The van der Waals surface area contributed by atoms with Gasteiger partial charge in [0.05, 0.1) is 12.2 Å². The van der Waals surface area contributed by atoms with Crippen molar-refractivity contribution >= 4 is 29.1 Å². The van der Waals surface area contributed by atoms with Gasteiger partial charge in [0.25, 0.3) is 0 Å². The number of nitrogens with one attached hydrogen (secondary N) is 1. The monoisotopic (exact) mass is 427 g/mol. The minimum atomic E-state index is -0.401. The van der Waals surface area contributed by atoms with Crippen LogP contribution in [0.15, 0.2) is 78.9 Å². The molecule has 32 heavy (non-hydrogen) atoms. The maximum Gasteiger partial charge on any atom is 0.322 e. The Morgan fingerprint density at radius 3 is 2.47 bits per heavy atom. The maximum absolute atomic E-state index is 13.4. The highest BCUT2D eigenvalue weighted by atomic mass is 16.2. The normalized spacial score (nSPS) is 14.3. The van der Waals surface area contributed by atoms with Crippen LogP contribution < -0.4 is 10.2 Å². The number of rotatable bonds is 3. The van der Waals surface area contributed by atoms with Crippen LogP contribution in [0.2, 0.25) is 0 Å². The van der Waals surface area contributed by atoms with Crippen molar-refractivity contribution in [1.82, 2.24) is 4.90 Å². The summed E-state index contributed by atoms with van der Waals surface area (Å²) in [5.41, 5.74) is 3.68. The summed E-state index contributed by atoms with van der Waals surface area (Å²) in [6, 6.07) is 23.8. The Morgan fingerprint density at radius 1 is 0.938 bits per heavy atom. The lowest BCUT2D eigenvalue weighted by atomic mass is 10.0. The van der Waals surface area contributed by atoms with Crippen LogP contribution in [0, 0.1) is 6.92 Å². The summed E-state index contributed by atoms with van der Waals surface area (Å²) in [5.74, 6) is -0.336. The molecule has 1 heterocycles. The van der Waals surface area contributed by atoms with Crippen molar-refractivity contribution in [3.63, 3.8) is 0 Å². The quantitative estimate of drug-likeness (QED) is 0.662. The molecule has 3 aromatic carbocycles. The smallest absolute Gasteiger partial charge is 0.315 e. The zero-order chi connectivity index (χ0) is 22.5. The Kier molecular flexibility index (Phi) is 6.31. The molecule has 0 bridgehead atoms. The van der Waals surface area contributed by atoms with E-state index in [4.69, 9.17) is 0 Å². The van der Waals surface area contributed by atoms with Crippen LogP contribution in [0.25, 0.3) is 0 Å². The predicted molar refractivity (Wildman–Crippen MR) is 125 cm³/mol. The second-order valence-electron chi connectivity index (χ2n) is 7.88. The molecule has 1 N–H and O–H groups in total. The Balaban J connectivity index is 1.63. The molecule has 0 spiro atoms. The third-order valence-electron chi connectivity index (χ3n) is 5.47. The van der Waals surface area contributed by atoms with Gasteiger partial charge in [-0.05, 0) is 42.3 Å². The third-order valence-corrected chi connectivity index (χ3v) is 5.47. The number of amides is 3. The first-order valence-electron chi connectivity index (χ1n) is 10.6. The molecule has 0 aromatic heterocycles. The van der Waals surface area contributed by atoms with Gasteiger partial charge in [0, 0.05) is 24.2 Å². The van der Waals surface area contributed by atoms with E-state index < -0.39 is 6.03 Å². The summed E-state index contributed by atoms with van der Waals surface area (Å²) in [6.45, 7) is 2.30. The summed E-state index contributed by atoms with van der Waals surface area (Å²) < 4.78 is 0. The second-order valence-corrected chi connectivity index (χ2v) is 7.88. The van der Waals surface area contributed by atoms with Gasteiger partial charge in [-0.2, -0.15) is 0 Å². The molecule has 0 saturated carbocycles. The standard InChI is InChI=1S/C26H25N3O3/c1-19-8-7-11-21(16-19)27-26(32)28-15-14-24(30)22-12-5-6-13-23(22)29(25(31)18-28)17-20-9-3-2-4-10-20/h2-13,16H,14-15,17-18H2,1H3,(H,27,32). The number of hydrogen-bond acceptors (Lipinski definition) is 3. The molecule has 6 heteroatoms. The first-order chi connectivity index (χ1) is 15.5. The van der Waals surface area contributed by atoms with Crippen LogP contribution in [0.5, 0.6) is 0 Å². The molecule has 6 nitrogen and oxygen atoms in total. The lowest BCUT2D eigenvalue weighted by Gasteiger charge is -2.27. The number of aryl methyl sites for hydroxylation is 1. The highest BCUT2D eigenvalue weighted by Crippen LogP contribution is 2.26. The molecule has 0 atom stereocenters. The van der Waals surface area contributed by atoms with Gasteiger partial charge in [-0.25, -0.2) is 4.79 Å². The number of benzene rings is 3. The Hall–Kier alpha value is -3.93. The van der Waals surface area contributed by atoms with Crippen LogP contribution in [0.4, 0.5) is 16.2 Å². The largest absolute Gasteiger partial charge is 0.322 e. The van der Waals surface area contributed by atoms with Crippen molar-refractivity contribution in [2.75, 3.05) is 23.3 Å². The molecule has 0 saturated heterocycles. The molecular weight excluding hydrogens is 402 g/mol. The molecule has 1 aliphatic heterocycles. The van der Waals surface area contributed by atoms with Gasteiger partial charge in [-0.1, -0.05) is 54.6 Å². The minimum Gasteiger partial charge on any atom is -0.315 e. The van der Waals surface area contributed by atoms with E-state index >= 15 is 0 Å². The summed E-state index contributed by atoms with van der Waals surface area (Å²) >= 11 is 0. The summed E-state index contributed by atoms with van der Waals surface area (Å²) in [6.07, 6.45) is 0.144. The van der Waals surface area contributed by atoms with E-state index in [9.17, 15) is 14.4 Å².